The molecule has 0 saturated carbocycles. The molecule has 22 heavy (non-hydrogen) atoms. The lowest BCUT2D eigenvalue weighted by Crippen LogP contribution is -2.36. The van der Waals surface area contributed by atoms with Crippen LogP contribution in [0, 0.1) is 0 Å². The van der Waals surface area contributed by atoms with Crippen molar-refractivity contribution in [1.82, 2.24) is 9.88 Å². The average Bonchev–Trinajstić information content (AvgIpc) is 2.95. The fraction of sp³-hybridized carbons (Fsp3) is 0.692. The number of likely N-dealkylation sites (tertiary alicyclic amines) is 1. The van der Waals surface area contributed by atoms with Crippen molar-refractivity contribution >= 4 is 38.9 Å². The van der Waals surface area contributed by atoms with Gasteiger partial charge in [0.2, 0.25) is 0 Å². The summed E-state index contributed by atoms with van der Waals surface area (Å²) in [5, 5.41) is -0.569. The van der Waals surface area contributed by atoms with Crippen LogP contribution in [0.1, 0.15) is 32.1 Å². The minimum Gasteiger partial charge on any atom is -0.444 e. The predicted octanol–water partition coefficient (Wildman–Crippen LogP) is 2.72. The molecule has 1 aliphatic heterocycles. The Hall–Kier alpha value is -0.860. The van der Waals surface area contributed by atoms with Crippen LogP contribution in [0.2, 0.25) is 4.47 Å². The molecule has 124 valence electrons. The van der Waals surface area contributed by atoms with E-state index in [9.17, 15) is 13.2 Å². The monoisotopic (exact) mass is 366 g/mol. The SMILES string of the molecule is CC(C)(C)OC(=O)N1CC[C@H](S(=O)(=O)Cc2cnc(Cl)s2)C1. The van der Waals surface area contributed by atoms with Crippen LogP contribution < -0.4 is 0 Å². The van der Waals surface area contributed by atoms with Crippen molar-refractivity contribution in [3.8, 4) is 0 Å². The molecule has 0 radical (unpaired) electrons. The molecule has 0 spiro atoms. The average molecular weight is 367 g/mol. The van der Waals surface area contributed by atoms with Crippen molar-refractivity contribution in [3.63, 3.8) is 0 Å². The number of amides is 1. The van der Waals surface area contributed by atoms with E-state index in [1.165, 1.54) is 11.1 Å². The highest BCUT2D eigenvalue weighted by atomic mass is 35.5. The molecule has 1 saturated heterocycles. The maximum absolute atomic E-state index is 12.4. The van der Waals surface area contributed by atoms with Crippen molar-refractivity contribution in [2.45, 2.75) is 43.8 Å². The fourth-order valence-electron chi connectivity index (χ4n) is 2.18. The topological polar surface area (TPSA) is 76.6 Å². The Bertz CT molecular complexity index is 651. The summed E-state index contributed by atoms with van der Waals surface area (Å²) in [6.07, 6.45) is 1.44. The van der Waals surface area contributed by atoms with E-state index in [-0.39, 0.29) is 12.3 Å². The van der Waals surface area contributed by atoms with E-state index in [0.717, 1.165) is 11.3 Å². The molecule has 1 aromatic rings. The van der Waals surface area contributed by atoms with E-state index >= 15 is 0 Å². The third-order valence-corrected chi connectivity index (χ3v) is 6.58. The second-order valence-corrected chi connectivity index (χ2v) is 10.2. The first-order valence-electron chi connectivity index (χ1n) is 6.86. The fourth-order valence-corrected chi connectivity index (χ4v) is 5.26. The van der Waals surface area contributed by atoms with Crippen molar-refractivity contribution in [2.24, 2.45) is 0 Å². The zero-order chi connectivity index (χ0) is 16.5. The summed E-state index contributed by atoms with van der Waals surface area (Å²) in [5.74, 6) is -0.0930. The van der Waals surface area contributed by atoms with Crippen LogP contribution in [0.25, 0.3) is 0 Å². The van der Waals surface area contributed by atoms with Crippen LogP contribution in [0.3, 0.4) is 0 Å². The number of thiazole rings is 1. The van der Waals surface area contributed by atoms with E-state index in [2.05, 4.69) is 4.98 Å². The highest BCUT2D eigenvalue weighted by Crippen LogP contribution is 2.25. The molecule has 0 N–H and O–H groups in total. The van der Waals surface area contributed by atoms with Gasteiger partial charge in [0.15, 0.2) is 14.3 Å². The number of sulfone groups is 1. The van der Waals surface area contributed by atoms with Gasteiger partial charge in [0, 0.05) is 24.2 Å². The Labute approximate surface area is 139 Å². The van der Waals surface area contributed by atoms with Gasteiger partial charge in [-0.05, 0) is 27.2 Å². The summed E-state index contributed by atoms with van der Waals surface area (Å²) in [4.78, 5) is 17.9. The van der Waals surface area contributed by atoms with E-state index in [4.69, 9.17) is 16.3 Å². The molecule has 1 fully saturated rings. The summed E-state index contributed by atoms with van der Waals surface area (Å²) in [6.45, 7) is 5.90. The quantitative estimate of drug-likeness (QED) is 0.822. The molecule has 6 nitrogen and oxygen atoms in total. The van der Waals surface area contributed by atoms with E-state index in [1.807, 2.05) is 0 Å². The van der Waals surface area contributed by atoms with Gasteiger partial charge >= 0.3 is 6.09 Å². The number of carbonyl (C=O) groups excluding carboxylic acids is 1. The predicted molar refractivity (Wildman–Crippen MR) is 86.0 cm³/mol. The second-order valence-electron chi connectivity index (χ2n) is 6.22. The van der Waals surface area contributed by atoms with Crippen LogP contribution >= 0.6 is 22.9 Å². The standard InChI is InChI=1S/C13H19ClN2O4S2/c1-13(2,3)20-12(17)16-5-4-10(7-16)22(18,19)8-9-6-15-11(14)21-9/h6,10H,4-5,7-8H2,1-3H3/t10-/m0/s1. The van der Waals surface area contributed by atoms with Crippen molar-refractivity contribution in [3.05, 3.63) is 15.5 Å². The molecule has 0 aromatic carbocycles. The highest BCUT2D eigenvalue weighted by Gasteiger charge is 2.37. The number of aromatic nitrogens is 1. The molecule has 1 aromatic heterocycles. The van der Waals surface area contributed by atoms with Crippen LogP contribution in [-0.4, -0.2) is 48.3 Å². The molecule has 0 aliphatic carbocycles. The first-order valence-corrected chi connectivity index (χ1v) is 9.77. The van der Waals surface area contributed by atoms with Gasteiger partial charge in [0.1, 0.15) is 5.60 Å². The lowest BCUT2D eigenvalue weighted by Gasteiger charge is -2.24. The lowest BCUT2D eigenvalue weighted by atomic mass is 10.2. The van der Waals surface area contributed by atoms with Crippen molar-refractivity contribution in [1.29, 1.82) is 0 Å². The molecule has 1 atom stereocenters. The molecule has 1 amide bonds. The minimum atomic E-state index is -3.35. The van der Waals surface area contributed by atoms with Crippen LogP contribution in [0.5, 0.6) is 0 Å². The molecular formula is C13H19ClN2O4S2. The minimum absolute atomic E-state index is 0.0930. The maximum atomic E-state index is 12.4. The Balaban J connectivity index is 1.98. The molecule has 0 unspecified atom stereocenters. The van der Waals surface area contributed by atoms with Gasteiger partial charge in [-0.3, -0.25) is 0 Å². The highest BCUT2D eigenvalue weighted by molar-refractivity contribution is 7.91. The summed E-state index contributed by atoms with van der Waals surface area (Å²) < 4.78 is 30.4. The number of nitrogens with zero attached hydrogens (tertiary/aromatic N) is 2. The van der Waals surface area contributed by atoms with Gasteiger partial charge in [-0.1, -0.05) is 11.6 Å². The summed E-state index contributed by atoms with van der Waals surface area (Å²) in [5.41, 5.74) is -0.590. The normalized spacial score (nSPS) is 19.5. The number of hydrogen-bond donors (Lipinski definition) is 0. The Morgan fingerprint density at radius 1 is 1.55 bits per heavy atom. The summed E-state index contributed by atoms with van der Waals surface area (Å²) in [6, 6.07) is 0. The summed E-state index contributed by atoms with van der Waals surface area (Å²) in [7, 11) is -3.35. The van der Waals surface area contributed by atoms with Gasteiger partial charge in [-0.15, -0.1) is 11.3 Å². The van der Waals surface area contributed by atoms with Gasteiger partial charge < -0.3 is 9.64 Å². The van der Waals surface area contributed by atoms with E-state index in [0.29, 0.717) is 22.3 Å². The number of hydrogen-bond acceptors (Lipinski definition) is 6. The molecule has 0 bridgehead atoms. The zero-order valence-electron chi connectivity index (χ0n) is 12.7. The number of ether oxygens (including phenoxy) is 1. The smallest absolute Gasteiger partial charge is 0.410 e. The molecule has 2 heterocycles. The van der Waals surface area contributed by atoms with Gasteiger partial charge in [0.05, 0.1) is 11.0 Å². The summed E-state index contributed by atoms with van der Waals surface area (Å²) >= 11 is 6.88. The third-order valence-electron chi connectivity index (χ3n) is 3.17. The van der Waals surface area contributed by atoms with Crippen LogP contribution in [0.15, 0.2) is 6.20 Å². The molecule has 2 rings (SSSR count). The van der Waals surface area contributed by atoms with Gasteiger partial charge in [0.25, 0.3) is 0 Å². The zero-order valence-corrected chi connectivity index (χ0v) is 15.1. The van der Waals surface area contributed by atoms with Gasteiger partial charge in [-0.25, -0.2) is 18.2 Å². The number of halogens is 1. The molecule has 9 heteroatoms. The van der Waals surface area contributed by atoms with E-state index in [1.54, 1.807) is 20.8 Å². The second kappa shape index (κ2) is 6.33. The first-order chi connectivity index (χ1) is 10.1. The number of carbonyl (C=O) groups is 1. The van der Waals surface area contributed by atoms with Crippen molar-refractivity contribution < 1.29 is 17.9 Å². The Morgan fingerprint density at radius 2 is 2.23 bits per heavy atom. The van der Waals surface area contributed by atoms with Crippen LogP contribution in [0.4, 0.5) is 4.79 Å². The van der Waals surface area contributed by atoms with Crippen LogP contribution in [-0.2, 0) is 20.3 Å². The molecule has 1 aliphatic rings. The van der Waals surface area contributed by atoms with Gasteiger partial charge in [-0.2, -0.15) is 0 Å². The third kappa shape index (κ3) is 4.57. The Morgan fingerprint density at radius 3 is 2.77 bits per heavy atom. The Kier molecular flexibility index (Phi) is 5.03. The largest absolute Gasteiger partial charge is 0.444 e. The molecular weight excluding hydrogens is 348 g/mol. The lowest BCUT2D eigenvalue weighted by molar-refractivity contribution is 0.0295. The van der Waals surface area contributed by atoms with Crippen molar-refractivity contribution in [2.75, 3.05) is 13.1 Å². The van der Waals surface area contributed by atoms with E-state index < -0.39 is 26.8 Å². The first kappa shape index (κ1) is 17.5. The number of rotatable bonds is 3. The maximum Gasteiger partial charge on any atom is 0.410 e.